The topological polar surface area (TPSA) is 307 Å². The number of nitrogens with one attached hydrogen (secondary N) is 1. The number of carbonyl (C=O) groups is 1. The maximum atomic E-state index is 13.0. The SMILES string of the molecule is CCCCCCCCCCCCC(O)C(COC1OC(CO)C(OC2OC(CO)C(OC3OC(CO)C(O)C(O)C3O)C(O)C2O)C(O)C1O)NC(=O)CCCCCCCCC. The summed E-state index contributed by atoms with van der Waals surface area (Å²) in [5.41, 5.74) is 0. The molecule has 0 aromatic heterocycles. The van der Waals surface area contributed by atoms with Crippen molar-refractivity contribution in [1.29, 1.82) is 0 Å². The lowest BCUT2D eigenvalue weighted by atomic mass is 9.96. The van der Waals surface area contributed by atoms with E-state index in [2.05, 4.69) is 19.2 Å². The highest BCUT2D eigenvalue weighted by Crippen LogP contribution is 2.33. The van der Waals surface area contributed by atoms with E-state index in [0.717, 1.165) is 57.8 Å². The van der Waals surface area contributed by atoms with E-state index in [1.165, 1.54) is 44.9 Å². The van der Waals surface area contributed by atoms with Crippen LogP contribution in [0.5, 0.6) is 0 Å². The second-order valence-electron chi connectivity index (χ2n) is 17.2. The van der Waals surface area contributed by atoms with Gasteiger partial charge in [-0.2, -0.15) is 0 Å². The molecule has 0 spiro atoms. The quantitative estimate of drug-likeness (QED) is 0.0399. The molecule has 12 N–H and O–H groups in total. The Kier molecular flexibility index (Phi) is 26.8. The first-order valence-electron chi connectivity index (χ1n) is 23.3. The number of aliphatic hydroxyl groups excluding tert-OH is 11. The van der Waals surface area contributed by atoms with Crippen molar-refractivity contribution in [3.8, 4) is 0 Å². The molecule has 0 aliphatic carbocycles. The average Bonchev–Trinajstić information content (AvgIpc) is 3.26. The molecule has 3 heterocycles. The first kappa shape index (κ1) is 55.1. The van der Waals surface area contributed by atoms with Gasteiger partial charge in [0.2, 0.25) is 5.91 Å². The van der Waals surface area contributed by atoms with Crippen LogP contribution in [0.15, 0.2) is 0 Å². The second-order valence-corrected chi connectivity index (χ2v) is 17.2. The summed E-state index contributed by atoms with van der Waals surface area (Å²) in [5, 5.41) is 119. The molecule has 0 radical (unpaired) electrons. The molecule has 3 fully saturated rings. The molecule has 0 saturated carbocycles. The third-order valence-electron chi connectivity index (χ3n) is 12.2. The summed E-state index contributed by atoms with van der Waals surface area (Å²) in [7, 11) is 0. The van der Waals surface area contributed by atoms with Crippen molar-refractivity contribution in [3.63, 3.8) is 0 Å². The molecule has 3 saturated heterocycles. The molecule has 0 bridgehead atoms. The van der Waals surface area contributed by atoms with Gasteiger partial charge >= 0.3 is 0 Å². The maximum absolute atomic E-state index is 13.0. The smallest absolute Gasteiger partial charge is 0.220 e. The Morgan fingerprint density at radius 2 is 0.919 bits per heavy atom. The third kappa shape index (κ3) is 17.2. The van der Waals surface area contributed by atoms with Crippen molar-refractivity contribution in [2.24, 2.45) is 0 Å². The number of hydrogen-bond donors (Lipinski definition) is 12. The van der Waals surface area contributed by atoms with Crippen LogP contribution in [0.2, 0.25) is 0 Å². The van der Waals surface area contributed by atoms with E-state index < -0.39 is 124 Å². The number of ether oxygens (including phenoxy) is 6. The van der Waals surface area contributed by atoms with Crippen molar-refractivity contribution < 1.29 is 89.4 Å². The highest BCUT2D eigenvalue weighted by Gasteiger charge is 2.53. The van der Waals surface area contributed by atoms with E-state index in [4.69, 9.17) is 28.4 Å². The van der Waals surface area contributed by atoms with E-state index >= 15 is 0 Å². The zero-order valence-corrected chi connectivity index (χ0v) is 36.9. The van der Waals surface area contributed by atoms with Crippen LogP contribution in [0.1, 0.15) is 136 Å². The van der Waals surface area contributed by atoms with Crippen LogP contribution >= 0.6 is 0 Å². The van der Waals surface area contributed by atoms with Gasteiger partial charge in [-0.25, -0.2) is 0 Å². The van der Waals surface area contributed by atoms with Gasteiger partial charge in [-0.3, -0.25) is 4.79 Å². The van der Waals surface area contributed by atoms with Gasteiger partial charge in [0.05, 0.1) is 38.6 Å². The predicted molar refractivity (Wildman–Crippen MR) is 222 cm³/mol. The number of aliphatic hydroxyl groups is 11. The highest BCUT2D eigenvalue weighted by molar-refractivity contribution is 5.76. The molecule has 3 aliphatic heterocycles. The summed E-state index contributed by atoms with van der Waals surface area (Å²) < 4.78 is 34.0. The fourth-order valence-electron chi connectivity index (χ4n) is 8.19. The predicted octanol–water partition coefficient (Wildman–Crippen LogP) is -0.251. The van der Waals surface area contributed by atoms with E-state index in [1.807, 2.05) is 0 Å². The van der Waals surface area contributed by atoms with E-state index in [-0.39, 0.29) is 18.9 Å². The zero-order valence-electron chi connectivity index (χ0n) is 36.9. The number of hydrogen-bond acceptors (Lipinski definition) is 18. The average molecular weight is 900 g/mol. The minimum Gasteiger partial charge on any atom is -0.394 e. The van der Waals surface area contributed by atoms with Crippen LogP contribution in [0, 0.1) is 0 Å². The van der Waals surface area contributed by atoms with Crippen molar-refractivity contribution in [1.82, 2.24) is 5.32 Å². The largest absolute Gasteiger partial charge is 0.394 e. The minimum atomic E-state index is -1.96. The molecule has 3 aliphatic rings. The number of unbranched alkanes of at least 4 members (excludes halogenated alkanes) is 15. The van der Waals surface area contributed by atoms with Gasteiger partial charge < -0.3 is 89.9 Å². The monoisotopic (exact) mass is 900 g/mol. The van der Waals surface area contributed by atoms with Gasteiger partial charge in [0.1, 0.15) is 73.2 Å². The van der Waals surface area contributed by atoms with Gasteiger partial charge in [-0.15, -0.1) is 0 Å². The van der Waals surface area contributed by atoms with Crippen molar-refractivity contribution in [3.05, 3.63) is 0 Å². The Bertz CT molecular complexity index is 1170. The molecule has 0 aromatic carbocycles. The minimum absolute atomic E-state index is 0.253. The highest BCUT2D eigenvalue weighted by atomic mass is 16.8. The second kappa shape index (κ2) is 30.1. The van der Waals surface area contributed by atoms with Crippen LogP contribution in [-0.2, 0) is 33.2 Å². The molecule has 17 unspecified atom stereocenters. The lowest BCUT2D eigenvalue weighted by Crippen LogP contribution is -2.66. The summed E-state index contributed by atoms with van der Waals surface area (Å²) in [5.74, 6) is -0.253. The Hall–Kier alpha value is -1.21. The van der Waals surface area contributed by atoms with Crippen LogP contribution in [0.25, 0.3) is 0 Å². The molecule has 1 amide bonds. The fourth-order valence-corrected chi connectivity index (χ4v) is 8.19. The van der Waals surface area contributed by atoms with Gasteiger partial charge in [-0.1, -0.05) is 117 Å². The molecule has 0 aromatic rings. The number of rotatable bonds is 31. The molecule has 62 heavy (non-hydrogen) atoms. The summed E-state index contributed by atoms with van der Waals surface area (Å²) in [6.07, 6.45) is -7.33. The van der Waals surface area contributed by atoms with Crippen molar-refractivity contribution in [2.45, 2.75) is 240 Å². The van der Waals surface area contributed by atoms with Crippen molar-refractivity contribution >= 4 is 5.91 Å². The number of carbonyl (C=O) groups excluding carboxylic acids is 1. The third-order valence-corrected chi connectivity index (χ3v) is 12.2. The normalized spacial score (nSPS) is 35.1. The Morgan fingerprint density at radius 3 is 1.40 bits per heavy atom. The molecule has 17 atom stereocenters. The first-order valence-corrected chi connectivity index (χ1v) is 23.3. The summed E-state index contributed by atoms with van der Waals surface area (Å²) >= 11 is 0. The standard InChI is InChI=1S/C43H81NO18/c1-3-5-7-9-11-12-13-15-16-18-20-27(48)26(44-31(49)21-19-17-14-10-8-6-4-2)25-57-41-37(55)34(52)39(29(23-46)59-41)62-43-38(56)35(53)40(30(24-47)60-43)61-42-36(54)33(51)32(50)28(22-45)58-42/h26-30,32-43,45-48,50-56H,3-25H2,1-2H3,(H,44,49). The van der Waals surface area contributed by atoms with Crippen molar-refractivity contribution in [2.75, 3.05) is 26.4 Å². The first-order chi connectivity index (χ1) is 29.8. The van der Waals surface area contributed by atoms with Crippen LogP contribution < -0.4 is 5.32 Å². The molecular formula is C43H81NO18. The zero-order chi connectivity index (χ0) is 45.6. The van der Waals surface area contributed by atoms with Gasteiger partial charge in [0.25, 0.3) is 0 Å². The van der Waals surface area contributed by atoms with Crippen LogP contribution in [0.4, 0.5) is 0 Å². The Morgan fingerprint density at radius 1 is 0.516 bits per heavy atom. The molecule has 366 valence electrons. The Labute approximate surface area is 366 Å². The molecule has 3 rings (SSSR count). The molecule has 19 nitrogen and oxygen atoms in total. The van der Waals surface area contributed by atoms with Crippen LogP contribution in [-0.4, -0.2) is 193 Å². The molecule has 19 heteroatoms. The summed E-state index contributed by atoms with van der Waals surface area (Å²) in [6, 6.07) is -0.874. The lowest BCUT2D eigenvalue weighted by Gasteiger charge is -2.48. The summed E-state index contributed by atoms with van der Waals surface area (Å²) in [6.45, 7) is 1.66. The van der Waals surface area contributed by atoms with E-state index in [9.17, 15) is 61.0 Å². The Balaban J connectivity index is 1.59. The van der Waals surface area contributed by atoms with E-state index in [0.29, 0.717) is 12.8 Å². The van der Waals surface area contributed by atoms with Gasteiger partial charge in [0, 0.05) is 6.42 Å². The number of amides is 1. The van der Waals surface area contributed by atoms with E-state index in [1.54, 1.807) is 0 Å². The fraction of sp³-hybridized carbons (Fsp3) is 0.977. The van der Waals surface area contributed by atoms with Crippen LogP contribution in [0.3, 0.4) is 0 Å². The van der Waals surface area contributed by atoms with Gasteiger partial charge in [-0.05, 0) is 12.8 Å². The molecular weight excluding hydrogens is 818 g/mol. The summed E-state index contributed by atoms with van der Waals surface area (Å²) in [4.78, 5) is 13.0. The maximum Gasteiger partial charge on any atom is 0.220 e. The van der Waals surface area contributed by atoms with Gasteiger partial charge in [0.15, 0.2) is 18.9 Å². The lowest BCUT2D eigenvalue weighted by molar-refractivity contribution is -0.379.